The quantitative estimate of drug-likeness (QED) is 0.622. The molecule has 0 aliphatic heterocycles. The van der Waals surface area contributed by atoms with Gasteiger partial charge in [0.05, 0.1) is 5.25 Å². The fraction of sp³-hybridized carbons (Fsp3) is 0.333. The van der Waals surface area contributed by atoms with Crippen LogP contribution in [0.4, 0.5) is 5.95 Å². The fourth-order valence-corrected chi connectivity index (χ4v) is 3.42. The van der Waals surface area contributed by atoms with Gasteiger partial charge in [-0.1, -0.05) is 17.7 Å². The first-order valence-corrected chi connectivity index (χ1v) is 11.2. The normalized spacial score (nSPS) is 11.6. The van der Waals surface area contributed by atoms with E-state index in [0.29, 0.717) is 16.9 Å². The van der Waals surface area contributed by atoms with Crippen molar-refractivity contribution in [2.75, 3.05) is 4.72 Å². The van der Waals surface area contributed by atoms with Crippen LogP contribution in [0.25, 0.3) is 11.4 Å². The van der Waals surface area contributed by atoms with E-state index in [1.165, 1.54) is 4.57 Å². The van der Waals surface area contributed by atoms with Crippen molar-refractivity contribution in [2.45, 2.75) is 39.9 Å². The molecule has 1 aromatic carbocycles. The summed E-state index contributed by atoms with van der Waals surface area (Å²) < 4.78 is 34.4. The van der Waals surface area contributed by atoms with E-state index in [0.717, 1.165) is 11.1 Å². The molecule has 0 amide bonds. The molecule has 0 unspecified atom stereocenters. The molecule has 0 aliphatic rings. The summed E-state index contributed by atoms with van der Waals surface area (Å²) in [7, 11) is -2.07. The van der Waals surface area contributed by atoms with Crippen LogP contribution >= 0.6 is 0 Å². The second-order valence-corrected chi connectivity index (χ2v) is 9.90. The van der Waals surface area contributed by atoms with Gasteiger partial charge in [0.1, 0.15) is 5.75 Å². The number of anilines is 1. The molecule has 3 aromatic rings. The lowest BCUT2D eigenvalue weighted by Gasteiger charge is -2.13. The Balaban J connectivity index is 2.13. The van der Waals surface area contributed by atoms with Gasteiger partial charge in [0.2, 0.25) is 16.0 Å². The Kier molecular flexibility index (Phi) is 6.12. The molecule has 0 atom stereocenters. The van der Waals surface area contributed by atoms with Crippen LogP contribution in [-0.4, -0.2) is 33.2 Å². The van der Waals surface area contributed by atoms with Crippen molar-refractivity contribution in [3.8, 4) is 23.1 Å². The first kappa shape index (κ1) is 22.4. The molecule has 164 valence electrons. The second kappa shape index (κ2) is 8.46. The summed E-state index contributed by atoms with van der Waals surface area (Å²) in [6, 6.07) is 7.21. The Bertz CT molecular complexity index is 1270. The fourth-order valence-electron chi connectivity index (χ4n) is 2.83. The number of benzene rings is 1. The van der Waals surface area contributed by atoms with Crippen molar-refractivity contribution in [2.24, 2.45) is 7.05 Å². The van der Waals surface area contributed by atoms with Gasteiger partial charge in [0, 0.05) is 24.4 Å². The molecule has 2 heterocycles. The maximum Gasteiger partial charge on any atom is 0.327 e. The molecule has 0 spiro atoms. The molecule has 3 rings (SSSR count). The van der Waals surface area contributed by atoms with Crippen LogP contribution < -0.4 is 15.0 Å². The Labute approximate surface area is 181 Å². The van der Waals surface area contributed by atoms with E-state index in [1.807, 2.05) is 26.0 Å². The van der Waals surface area contributed by atoms with E-state index in [1.54, 1.807) is 46.1 Å². The van der Waals surface area contributed by atoms with E-state index >= 15 is 0 Å². The van der Waals surface area contributed by atoms with E-state index in [4.69, 9.17) is 4.74 Å². The molecule has 10 heteroatoms. The van der Waals surface area contributed by atoms with Crippen LogP contribution in [0.2, 0.25) is 0 Å². The summed E-state index contributed by atoms with van der Waals surface area (Å²) in [5.74, 6) is 0.553. The van der Waals surface area contributed by atoms with Gasteiger partial charge in [-0.3, -0.25) is 9.52 Å². The number of aryl methyl sites for hydroxylation is 4. The third-order valence-corrected chi connectivity index (χ3v) is 6.33. The second-order valence-electron chi connectivity index (χ2n) is 7.66. The van der Waals surface area contributed by atoms with E-state index in [2.05, 4.69) is 19.7 Å². The highest BCUT2D eigenvalue weighted by Crippen LogP contribution is 2.26. The number of hydrogen-bond donors (Lipinski definition) is 1. The minimum absolute atomic E-state index is 0.0649. The zero-order chi connectivity index (χ0) is 22.9. The smallest absolute Gasteiger partial charge is 0.327 e. The van der Waals surface area contributed by atoms with Crippen molar-refractivity contribution in [3.05, 3.63) is 57.5 Å². The molecule has 0 aliphatic carbocycles. The first-order valence-electron chi connectivity index (χ1n) is 9.66. The number of aromatic nitrogens is 4. The third kappa shape index (κ3) is 5.08. The highest BCUT2D eigenvalue weighted by Gasteiger charge is 2.20. The molecule has 2 aromatic heterocycles. The number of nitrogens with zero attached hydrogens (tertiary/aromatic N) is 4. The highest BCUT2D eigenvalue weighted by molar-refractivity contribution is 7.93. The summed E-state index contributed by atoms with van der Waals surface area (Å²) in [6.45, 7) is 8.64. The summed E-state index contributed by atoms with van der Waals surface area (Å²) in [5, 5.41) is -0.684. The minimum atomic E-state index is -3.69. The standard InChI is InChI=1S/C21H25N5O4S/c1-12(2)31(28,29)25-20-22-18(16-10-15(5)19(27)26(6)11-16)23-21(24-20)30-17-8-7-13(3)9-14(17)4/h7-12H,1-6H3,(H,22,23,24,25). The van der Waals surface area contributed by atoms with E-state index in [-0.39, 0.29) is 23.3 Å². The maximum absolute atomic E-state index is 12.4. The van der Waals surface area contributed by atoms with Gasteiger partial charge in [0.15, 0.2) is 5.82 Å². The van der Waals surface area contributed by atoms with Crippen molar-refractivity contribution in [1.82, 2.24) is 19.5 Å². The van der Waals surface area contributed by atoms with Crippen molar-refractivity contribution >= 4 is 16.0 Å². The number of nitrogens with one attached hydrogen (secondary N) is 1. The average Bonchev–Trinajstić information content (AvgIpc) is 2.67. The van der Waals surface area contributed by atoms with Gasteiger partial charge < -0.3 is 9.30 Å². The van der Waals surface area contributed by atoms with Crippen LogP contribution in [0.5, 0.6) is 11.8 Å². The summed E-state index contributed by atoms with van der Waals surface area (Å²) in [6.07, 6.45) is 1.58. The van der Waals surface area contributed by atoms with Crippen LogP contribution in [-0.2, 0) is 17.1 Å². The molecule has 31 heavy (non-hydrogen) atoms. The molecule has 0 radical (unpaired) electrons. The number of sulfonamides is 1. The van der Waals surface area contributed by atoms with Crippen molar-refractivity contribution in [1.29, 1.82) is 0 Å². The minimum Gasteiger partial charge on any atom is -0.424 e. The van der Waals surface area contributed by atoms with E-state index < -0.39 is 15.3 Å². The summed E-state index contributed by atoms with van der Waals surface area (Å²) in [5.41, 5.74) is 2.83. The lowest BCUT2D eigenvalue weighted by Crippen LogP contribution is -2.24. The monoisotopic (exact) mass is 443 g/mol. The molecular formula is C21H25N5O4S. The Morgan fingerprint density at radius 3 is 2.35 bits per heavy atom. The van der Waals surface area contributed by atoms with Gasteiger partial charge in [-0.2, -0.15) is 15.0 Å². The van der Waals surface area contributed by atoms with Crippen LogP contribution in [0.3, 0.4) is 0 Å². The lowest BCUT2D eigenvalue weighted by molar-refractivity contribution is 0.438. The number of pyridine rings is 1. The van der Waals surface area contributed by atoms with Gasteiger partial charge in [-0.05, 0) is 52.3 Å². The van der Waals surface area contributed by atoms with Gasteiger partial charge >= 0.3 is 6.01 Å². The zero-order valence-corrected chi connectivity index (χ0v) is 19.1. The topological polar surface area (TPSA) is 116 Å². The van der Waals surface area contributed by atoms with Crippen LogP contribution in [0, 0.1) is 20.8 Å². The predicted octanol–water partition coefficient (Wildman–Crippen LogP) is 3.10. The Hall–Kier alpha value is -3.27. The summed E-state index contributed by atoms with van der Waals surface area (Å²) in [4.78, 5) is 24.8. The molecule has 0 fully saturated rings. The van der Waals surface area contributed by atoms with E-state index in [9.17, 15) is 13.2 Å². The molecular weight excluding hydrogens is 418 g/mol. The van der Waals surface area contributed by atoms with Gasteiger partial charge in [-0.25, -0.2) is 8.42 Å². The summed E-state index contributed by atoms with van der Waals surface area (Å²) >= 11 is 0. The largest absolute Gasteiger partial charge is 0.424 e. The van der Waals surface area contributed by atoms with Crippen molar-refractivity contribution < 1.29 is 13.2 Å². The third-order valence-electron chi connectivity index (χ3n) is 4.62. The lowest BCUT2D eigenvalue weighted by atomic mass is 10.1. The molecule has 1 N–H and O–H groups in total. The van der Waals surface area contributed by atoms with Gasteiger partial charge in [-0.15, -0.1) is 0 Å². The number of hydrogen-bond acceptors (Lipinski definition) is 7. The zero-order valence-electron chi connectivity index (χ0n) is 18.3. The molecule has 0 saturated heterocycles. The molecule has 0 bridgehead atoms. The Morgan fingerprint density at radius 2 is 1.74 bits per heavy atom. The number of rotatable bonds is 6. The predicted molar refractivity (Wildman–Crippen MR) is 119 cm³/mol. The average molecular weight is 444 g/mol. The van der Waals surface area contributed by atoms with Crippen molar-refractivity contribution in [3.63, 3.8) is 0 Å². The highest BCUT2D eigenvalue weighted by atomic mass is 32.2. The SMILES string of the molecule is Cc1ccc(Oc2nc(NS(=O)(=O)C(C)C)nc(-c3cc(C)c(=O)n(C)c3)n2)c(C)c1. The number of ether oxygens (including phenoxy) is 1. The maximum atomic E-state index is 12.4. The van der Waals surface area contributed by atoms with Gasteiger partial charge in [0.25, 0.3) is 5.56 Å². The molecule has 9 nitrogen and oxygen atoms in total. The first-order chi connectivity index (χ1) is 14.5. The van der Waals surface area contributed by atoms with Crippen LogP contribution in [0.15, 0.2) is 35.3 Å². The molecule has 0 saturated carbocycles. The Morgan fingerprint density at radius 1 is 1.03 bits per heavy atom. The van der Waals surface area contributed by atoms with Crippen LogP contribution in [0.1, 0.15) is 30.5 Å².